The van der Waals surface area contributed by atoms with Crippen molar-refractivity contribution in [1.82, 2.24) is 0 Å². The summed E-state index contributed by atoms with van der Waals surface area (Å²) < 4.78 is 21.6. The monoisotopic (exact) mass is 388 g/mol. The Morgan fingerprint density at radius 2 is 1.43 bits per heavy atom. The number of fused-ring (bicyclic) bond motifs is 2. The molecule has 0 spiro atoms. The minimum absolute atomic E-state index is 0.0780. The molecule has 0 unspecified atom stereocenters. The van der Waals surface area contributed by atoms with Crippen molar-refractivity contribution in [2.45, 2.75) is 12.3 Å². The number of hydrogen-bond donors (Lipinski definition) is 3. The van der Waals surface area contributed by atoms with Crippen LogP contribution in [0, 0.1) is 11.8 Å². The molecule has 3 N–H and O–H groups in total. The van der Waals surface area contributed by atoms with Crippen LogP contribution in [0.3, 0.4) is 0 Å². The Morgan fingerprint density at radius 3 is 2.04 bits per heavy atom. The zero-order valence-electron chi connectivity index (χ0n) is 16.1. The third-order valence-corrected chi connectivity index (χ3v) is 5.91. The standard InChI is InChI=1S/C21H24O7/c1-25-14-6-11(7-15(26-2)19(14)22)17-13-9-28-8-12(13)4-10-5-16(27-3)20(23)21(24)18(10)17/h5-7,12-13,17,22-24H,4,8-9H2,1-3H3/t12-,13-,17-/m1/s1. The molecule has 2 aromatic rings. The fraction of sp³-hybridized carbons (Fsp3) is 0.429. The van der Waals surface area contributed by atoms with Crippen LogP contribution in [0.1, 0.15) is 22.6 Å². The van der Waals surface area contributed by atoms with Crippen molar-refractivity contribution in [2.75, 3.05) is 34.5 Å². The van der Waals surface area contributed by atoms with Gasteiger partial charge in [0.15, 0.2) is 23.0 Å². The van der Waals surface area contributed by atoms with Crippen LogP contribution in [-0.4, -0.2) is 49.9 Å². The van der Waals surface area contributed by atoms with Crippen molar-refractivity contribution in [3.8, 4) is 34.5 Å². The van der Waals surface area contributed by atoms with Crippen LogP contribution >= 0.6 is 0 Å². The zero-order valence-corrected chi connectivity index (χ0v) is 16.1. The molecule has 0 aromatic heterocycles. The molecule has 2 aromatic carbocycles. The number of ether oxygens (including phenoxy) is 4. The lowest BCUT2D eigenvalue weighted by Crippen LogP contribution is -2.29. The van der Waals surface area contributed by atoms with Crippen LogP contribution in [0.4, 0.5) is 0 Å². The van der Waals surface area contributed by atoms with Gasteiger partial charge < -0.3 is 34.3 Å². The van der Waals surface area contributed by atoms with Crippen LogP contribution in [0.2, 0.25) is 0 Å². The van der Waals surface area contributed by atoms with Gasteiger partial charge in [0, 0.05) is 11.5 Å². The quantitative estimate of drug-likeness (QED) is 0.693. The van der Waals surface area contributed by atoms with Gasteiger partial charge in [-0.2, -0.15) is 0 Å². The Hall–Kier alpha value is -2.80. The minimum atomic E-state index is -0.277. The molecule has 1 aliphatic carbocycles. The van der Waals surface area contributed by atoms with Crippen LogP contribution in [0.5, 0.6) is 34.5 Å². The molecule has 150 valence electrons. The highest BCUT2D eigenvalue weighted by Gasteiger charge is 2.44. The van der Waals surface area contributed by atoms with Gasteiger partial charge >= 0.3 is 0 Å². The maximum Gasteiger partial charge on any atom is 0.200 e. The summed E-state index contributed by atoms with van der Waals surface area (Å²) in [5, 5.41) is 31.5. The maximum absolute atomic E-state index is 10.8. The van der Waals surface area contributed by atoms with E-state index >= 15 is 0 Å². The summed E-state index contributed by atoms with van der Waals surface area (Å²) in [5.41, 5.74) is 2.38. The third kappa shape index (κ3) is 2.69. The van der Waals surface area contributed by atoms with E-state index in [9.17, 15) is 15.3 Å². The summed E-state index contributed by atoms with van der Waals surface area (Å²) in [6.07, 6.45) is 0.729. The van der Waals surface area contributed by atoms with Gasteiger partial charge in [-0.25, -0.2) is 0 Å². The third-order valence-electron chi connectivity index (χ3n) is 5.91. The largest absolute Gasteiger partial charge is 0.504 e. The lowest BCUT2D eigenvalue weighted by molar-refractivity contribution is 0.179. The molecule has 1 saturated heterocycles. The molecule has 28 heavy (non-hydrogen) atoms. The highest BCUT2D eigenvalue weighted by Crippen LogP contribution is 2.55. The van der Waals surface area contributed by atoms with Gasteiger partial charge in [0.2, 0.25) is 11.5 Å². The van der Waals surface area contributed by atoms with Crippen LogP contribution in [0.25, 0.3) is 0 Å². The van der Waals surface area contributed by atoms with Crippen LogP contribution in [0.15, 0.2) is 18.2 Å². The van der Waals surface area contributed by atoms with Gasteiger partial charge in [0.25, 0.3) is 0 Å². The van der Waals surface area contributed by atoms with Crippen molar-refractivity contribution < 1.29 is 34.3 Å². The van der Waals surface area contributed by atoms with Crippen molar-refractivity contribution >= 4 is 0 Å². The fourth-order valence-corrected chi connectivity index (χ4v) is 4.57. The first-order chi connectivity index (χ1) is 13.5. The number of methoxy groups -OCH3 is 3. The number of aromatic hydroxyl groups is 3. The number of phenolic OH excluding ortho intramolecular Hbond substituents is 3. The second-order valence-corrected chi connectivity index (χ2v) is 7.27. The molecule has 1 heterocycles. The first-order valence-corrected chi connectivity index (χ1v) is 9.14. The van der Waals surface area contributed by atoms with Crippen molar-refractivity contribution in [3.05, 3.63) is 34.9 Å². The lowest BCUT2D eigenvalue weighted by atomic mass is 9.67. The molecule has 0 saturated carbocycles. The molecule has 1 aliphatic heterocycles. The summed E-state index contributed by atoms with van der Waals surface area (Å²) >= 11 is 0. The number of phenols is 3. The van der Waals surface area contributed by atoms with E-state index < -0.39 is 0 Å². The van der Waals surface area contributed by atoms with E-state index in [0.29, 0.717) is 18.8 Å². The molecule has 2 aliphatic rings. The smallest absolute Gasteiger partial charge is 0.200 e. The van der Waals surface area contributed by atoms with E-state index in [2.05, 4.69) is 0 Å². The van der Waals surface area contributed by atoms with Gasteiger partial charge in [0.05, 0.1) is 34.5 Å². The number of hydrogen-bond acceptors (Lipinski definition) is 7. The molecule has 0 amide bonds. The molecular formula is C21H24O7. The van der Waals surface area contributed by atoms with E-state index in [-0.39, 0.29) is 52.3 Å². The summed E-state index contributed by atoms with van der Waals surface area (Å²) in [7, 11) is 4.41. The Labute approximate surface area is 163 Å². The van der Waals surface area contributed by atoms with Crippen molar-refractivity contribution in [2.24, 2.45) is 11.8 Å². The normalized spacial score (nSPS) is 23.0. The topological polar surface area (TPSA) is 97.6 Å². The average Bonchev–Trinajstić information content (AvgIpc) is 3.17. The van der Waals surface area contributed by atoms with E-state index in [0.717, 1.165) is 17.5 Å². The maximum atomic E-state index is 10.8. The molecule has 4 rings (SSSR count). The average molecular weight is 388 g/mol. The second kappa shape index (κ2) is 6.98. The predicted octanol–water partition coefficient (Wildman–Crippen LogP) is 2.78. The predicted molar refractivity (Wildman–Crippen MR) is 101 cm³/mol. The Kier molecular flexibility index (Phi) is 4.63. The Morgan fingerprint density at radius 1 is 0.821 bits per heavy atom. The zero-order chi connectivity index (χ0) is 20.0. The number of benzene rings is 2. The van der Waals surface area contributed by atoms with Gasteiger partial charge in [-0.1, -0.05) is 0 Å². The SMILES string of the molecule is COc1cc([C@H]2c3c(cc(OC)c(O)c3O)C[C@@H]3COC[C@H]32)cc(OC)c1O. The van der Waals surface area contributed by atoms with Crippen LogP contribution in [-0.2, 0) is 11.2 Å². The number of rotatable bonds is 4. The Bertz CT molecular complexity index is 883. The highest BCUT2D eigenvalue weighted by molar-refractivity contribution is 5.63. The first-order valence-electron chi connectivity index (χ1n) is 9.14. The summed E-state index contributed by atoms with van der Waals surface area (Å²) in [6.45, 7) is 1.18. The molecule has 7 heteroatoms. The second-order valence-electron chi connectivity index (χ2n) is 7.27. The van der Waals surface area contributed by atoms with Crippen LogP contribution < -0.4 is 14.2 Å². The van der Waals surface area contributed by atoms with E-state index in [4.69, 9.17) is 18.9 Å². The minimum Gasteiger partial charge on any atom is -0.504 e. The van der Waals surface area contributed by atoms with Crippen molar-refractivity contribution in [3.63, 3.8) is 0 Å². The molecule has 3 atom stereocenters. The summed E-state index contributed by atoms with van der Waals surface area (Å²) in [6, 6.07) is 5.27. The van der Waals surface area contributed by atoms with E-state index in [1.807, 2.05) is 0 Å². The van der Waals surface area contributed by atoms with E-state index in [1.54, 1.807) is 18.2 Å². The van der Waals surface area contributed by atoms with Gasteiger partial charge in [-0.15, -0.1) is 0 Å². The first kappa shape index (κ1) is 18.6. The molecular weight excluding hydrogens is 364 g/mol. The fourth-order valence-electron chi connectivity index (χ4n) is 4.57. The van der Waals surface area contributed by atoms with Gasteiger partial charge in [-0.3, -0.25) is 0 Å². The Balaban J connectivity index is 1.95. The molecule has 1 fully saturated rings. The van der Waals surface area contributed by atoms with Gasteiger partial charge in [-0.05, 0) is 47.6 Å². The molecule has 0 bridgehead atoms. The molecule has 0 radical (unpaired) electrons. The highest BCUT2D eigenvalue weighted by atomic mass is 16.5. The van der Waals surface area contributed by atoms with Gasteiger partial charge in [0.1, 0.15) is 0 Å². The van der Waals surface area contributed by atoms with E-state index in [1.165, 1.54) is 21.3 Å². The lowest BCUT2D eigenvalue weighted by Gasteiger charge is -2.36. The summed E-state index contributed by atoms with van der Waals surface area (Å²) in [5.74, 6) is 0.415. The van der Waals surface area contributed by atoms with Crippen molar-refractivity contribution in [1.29, 1.82) is 0 Å². The summed E-state index contributed by atoms with van der Waals surface area (Å²) in [4.78, 5) is 0. The molecule has 7 nitrogen and oxygen atoms in total.